The monoisotopic (exact) mass is 285 g/mol. The first-order valence-corrected chi connectivity index (χ1v) is 7.07. The Morgan fingerprint density at radius 2 is 1.95 bits per heavy atom. The van der Waals surface area contributed by atoms with E-state index in [0.29, 0.717) is 18.7 Å². The van der Waals surface area contributed by atoms with Gasteiger partial charge < -0.3 is 10.2 Å². The van der Waals surface area contributed by atoms with Gasteiger partial charge in [0.1, 0.15) is 0 Å². The van der Waals surface area contributed by atoms with Gasteiger partial charge >= 0.3 is 0 Å². The Bertz CT molecular complexity index is 650. The number of carbonyl (C=O) groups is 2. The number of rotatable bonds is 5. The number of pyridine rings is 1. The summed E-state index contributed by atoms with van der Waals surface area (Å²) in [7, 11) is 0. The summed E-state index contributed by atoms with van der Waals surface area (Å²) in [5, 5.41) is 3.51. The van der Waals surface area contributed by atoms with Crippen LogP contribution >= 0.6 is 0 Å². The molecule has 0 fully saturated rings. The average Bonchev–Trinajstić information content (AvgIpc) is 2.51. The zero-order valence-electron chi connectivity index (χ0n) is 12.3. The third-order valence-electron chi connectivity index (χ3n) is 3.26. The number of likely N-dealkylation sites (N-methyl/N-ethyl adjacent to an activating group) is 2. The van der Waals surface area contributed by atoms with Crippen LogP contribution in [0, 0.1) is 0 Å². The van der Waals surface area contributed by atoms with E-state index in [9.17, 15) is 9.59 Å². The van der Waals surface area contributed by atoms with Gasteiger partial charge in [0.2, 0.25) is 5.91 Å². The molecule has 1 aromatic carbocycles. The number of hydrogen-bond acceptors (Lipinski definition) is 3. The van der Waals surface area contributed by atoms with Gasteiger partial charge in [-0.15, -0.1) is 0 Å². The van der Waals surface area contributed by atoms with Crippen molar-refractivity contribution in [3.8, 4) is 0 Å². The van der Waals surface area contributed by atoms with E-state index < -0.39 is 0 Å². The van der Waals surface area contributed by atoms with Crippen molar-refractivity contribution in [2.45, 2.75) is 13.8 Å². The molecule has 1 aromatic heterocycles. The highest BCUT2D eigenvalue weighted by atomic mass is 16.2. The van der Waals surface area contributed by atoms with Gasteiger partial charge in [-0.3, -0.25) is 14.6 Å². The summed E-state index contributed by atoms with van der Waals surface area (Å²) in [6.45, 7) is 4.82. The predicted molar refractivity (Wildman–Crippen MR) is 82.0 cm³/mol. The first-order valence-electron chi connectivity index (χ1n) is 7.07. The highest BCUT2D eigenvalue weighted by Gasteiger charge is 2.19. The Morgan fingerprint density at radius 1 is 1.19 bits per heavy atom. The van der Waals surface area contributed by atoms with Crippen molar-refractivity contribution in [3.05, 3.63) is 42.1 Å². The van der Waals surface area contributed by atoms with Crippen LogP contribution in [-0.4, -0.2) is 41.3 Å². The van der Waals surface area contributed by atoms with Crippen LogP contribution < -0.4 is 5.32 Å². The minimum absolute atomic E-state index is 0.0693. The van der Waals surface area contributed by atoms with Crippen molar-refractivity contribution >= 4 is 22.7 Å². The Labute approximate surface area is 124 Å². The molecule has 110 valence electrons. The number of fused-ring (bicyclic) bond motifs is 1. The van der Waals surface area contributed by atoms with Gasteiger partial charge in [-0.05, 0) is 26.0 Å². The molecule has 2 rings (SSSR count). The largest absolute Gasteiger partial charge is 0.355 e. The maximum absolute atomic E-state index is 12.6. The van der Waals surface area contributed by atoms with Crippen LogP contribution in [0.3, 0.4) is 0 Å². The number of nitrogens with zero attached hydrogens (tertiary/aromatic N) is 2. The van der Waals surface area contributed by atoms with E-state index >= 15 is 0 Å². The first kappa shape index (κ1) is 15.0. The number of carbonyl (C=O) groups excluding carboxylic acids is 2. The number of nitrogens with one attached hydrogen (secondary N) is 1. The Kier molecular flexibility index (Phi) is 4.87. The van der Waals surface area contributed by atoms with Gasteiger partial charge in [0.15, 0.2) is 0 Å². The zero-order valence-corrected chi connectivity index (χ0v) is 12.3. The van der Waals surface area contributed by atoms with Gasteiger partial charge in [-0.1, -0.05) is 18.2 Å². The average molecular weight is 285 g/mol. The highest BCUT2D eigenvalue weighted by molar-refractivity contribution is 6.06. The maximum atomic E-state index is 12.6. The quantitative estimate of drug-likeness (QED) is 0.911. The summed E-state index contributed by atoms with van der Waals surface area (Å²) in [5.74, 6) is -0.298. The van der Waals surface area contributed by atoms with Crippen LogP contribution in [0.1, 0.15) is 24.2 Å². The molecular formula is C16H19N3O2. The molecule has 0 bridgehead atoms. The van der Waals surface area contributed by atoms with Crippen molar-refractivity contribution in [3.63, 3.8) is 0 Å². The topological polar surface area (TPSA) is 62.3 Å². The van der Waals surface area contributed by atoms with Gasteiger partial charge in [0.25, 0.3) is 5.91 Å². The second-order valence-corrected chi connectivity index (χ2v) is 4.65. The van der Waals surface area contributed by atoms with E-state index in [-0.39, 0.29) is 18.4 Å². The van der Waals surface area contributed by atoms with Gasteiger partial charge in [0.05, 0.1) is 17.6 Å². The normalized spacial score (nSPS) is 10.4. The van der Waals surface area contributed by atoms with Crippen molar-refractivity contribution in [1.82, 2.24) is 15.2 Å². The minimum atomic E-state index is -0.151. The lowest BCUT2D eigenvalue weighted by molar-refractivity contribution is -0.121. The van der Waals surface area contributed by atoms with Crippen LogP contribution in [0.2, 0.25) is 0 Å². The third-order valence-corrected chi connectivity index (χ3v) is 3.26. The molecule has 0 unspecified atom stereocenters. The standard InChI is InChI=1S/C16H19N3O2/c1-3-17-15(20)11-19(4-2)16(21)13-9-10-18-14-8-6-5-7-12(13)14/h5-10H,3-4,11H2,1-2H3,(H,17,20). The van der Waals surface area contributed by atoms with Crippen LogP contribution in [0.4, 0.5) is 0 Å². The van der Waals surface area contributed by atoms with E-state index in [1.165, 1.54) is 4.90 Å². The predicted octanol–water partition coefficient (Wildman–Crippen LogP) is 1.83. The molecule has 0 spiro atoms. The lowest BCUT2D eigenvalue weighted by Crippen LogP contribution is -2.40. The van der Waals surface area contributed by atoms with Gasteiger partial charge in [-0.2, -0.15) is 0 Å². The summed E-state index contributed by atoms with van der Waals surface area (Å²) in [6, 6.07) is 9.20. The molecule has 0 saturated heterocycles. The summed E-state index contributed by atoms with van der Waals surface area (Å²) >= 11 is 0. The number of aromatic nitrogens is 1. The molecule has 0 atom stereocenters. The Morgan fingerprint density at radius 3 is 2.67 bits per heavy atom. The van der Waals surface area contributed by atoms with Crippen LogP contribution in [0.15, 0.2) is 36.5 Å². The van der Waals surface area contributed by atoms with Crippen molar-refractivity contribution < 1.29 is 9.59 Å². The smallest absolute Gasteiger partial charge is 0.255 e. The number of para-hydroxylation sites is 1. The fourth-order valence-corrected chi connectivity index (χ4v) is 2.21. The highest BCUT2D eigenvalue weighted by Crippen LogP contribution is 2.17. The molecule has 21 heavy (non-hydrogen) atoms. The summed E-state index contributed by atoms with van der Waals surface area (Å²) in [6.07, 6.45) is 1.62. The van der Waals surface area contributed by atoms with Crippen molar-refractivity contribution in [1.29, 1.82) is 0 Å². The molecule has 0 aliphatic rings. The number of amides is 2. The molecule has 1 N–H and O–H groups in total. The van der Waals surface area contributed by atoms with Crippen LogP contribution in [0.25, 0.3) is 10.9 Å². The fraction of sp³-hybridized carbons (Fsp3) is 0.312. The molecule has 0 radical (unpaired) electrons. The van der Waals surface area contributed by atoms with Crippen LogP contribution in [-0.2, 0) is 4.79 Å². The number of benzene rings is 1. The second-order valence-electron chi connectivity index (χ2n) is 4.65. The first-order chi connectivity index (χ1) is 10.2. The summed E-state index contributed by atoms with van der Waals surface area (Å²) in [4.78, 5) is 30.1. The molecule has 2 aromatic rings. The Hall–Kier alpha value is -2.43. The lowest BCUT2D eigenvalue weighted by Gasteiger charge is -2.21. The Balaban J connectivity index is 2.29. The van der Waals surface area contributed by atoms with E-state index in [4.69, 9.17) is 0 Å². The lowest BCUT2D eigenvalue weighted by atomic mass is 10.1. The maximum Gasteiger partial charge on any atom is 0.255 e. The summed E-state index contributed by atoms with van der Waals surface area (Å²) in [5.41, 5.74) is 1.35. The minimum Gasteiger partial charge on any atom is -0.355 e. The fourth-order valence-electron chi connectivity index (χ4n) is 2.21. The van der Waals surface area contributed by atoms with E-state index in [2.05, 4.69) is 10.3 Å². The number of hydrogen-bond donors (Lipinski definition) is 1. The summed E-state index contributed by atoms with van der Waals surface area (Å²) < 4.78 is 0. The molecule has 0 aliphatic heterocycles. The van der Waals surface area contributed by atoms with E-state index in [0.717, 1.165) is 10.9 Å². The van der Waals surface area contributed by atoms with E-state index in [1.807, 2.05) is 38.1 Å². The van der Waals surface area contributed by atoms with Crippen LogP contribution in [0.5, 0.6) is 0 Å². The molecule has 5 nitrogen and oxygen atoms in total. The van der Waals surface area contributed by atoms with Gasteiger partial charge in [0, 0.05) is 24.7 Å². The second kappa shape index (κ2) is 6.83. The zero-order chi connectivity index (χ0) is 15.2. The molecule has 0 saturated carbocycles. The molecular weight excluding hydrogens is 266 g/mol. The SMILES string of the molecule is CCNC(=O)CN(CC)C(=O)c1ccnc2ccccc12. The van der Waals surface area contributed by atoms with Gasteiger partial charge in [-0.25, -0.2) is 0 Å². The molecule has 0 aliphatic carbocycles. The molecule has 1 heterocycles. The van der Waals surface area contributed by atoms with Crippen molar-refractivity contribution in [2.24, 2.45) is 0 Å². The molecule has 2 amide bonds. The third kappa shape index (κ3) is 3.37. The van der Waals surface area contributed by atoms with E-state index in [1.54, 1.807) is 12.3 Å². The van der Waals surface area contributed by atoms with Crippen molar-refractivity contribution in [2.75, 3.05) is 19.6 Å². The molecule has 5 heteroatoms.